The van der Waals surface area contributed by atoms with Crippen LogP contribution in [0.1, 0.15) is 16.5 Å². The van der Waals surface area contributed by atoms with Crippen LogP contribution in [0, 0.1) is 0 Å². The normalized spacial score (nSPS) is 12.6. The van der Waals surface area contributed by atoms with Crippen LogP contribution in [0.3, 0.4) is 0 Å². The summed E-state index contributed by atoms with van der Waals surface area (Å²) in [4.78, 5) is 1.38. The number of hydrogen-bond acceptors (Lipinski definition) is 2. The highest BCUT2D eigenvalue weighted by Gasteiger charge is 2.13. The molecule has 1 nitrogen and oxygen atoms in total. The summed E-state index contributed by atoms with van der Waals surface area (Å²) in [5, 5.41) is 5.49. The minimum Gasteiger partial charge on any atom is -0.313 e. The molecule has 4 heteroatoms. The Kier molecular flexibility index (Phi) is 4.79. The Morgan fingerprint density at radius 1 is 1.29 bits per heavy atom. The molecule has 1 heterocycles. The van der Waals surface area contributed by atoms with Gasteiger partial charge in [-0.25, -0.2) is 0 Å². The van der Waals surface area contributed by atoms with Crippen LogP contribution in [-0.2, 0) is 6.42 Å². The third kappa shape index (κ3) is 3.41. The lowest BCUT2D eigenvalue weighted by atomic mass is 10.0. The average Bonchev–Trinajstić information content (AvgIpc) is 2.71. The smallest absolute Gasteiger partial charge is 0.0367 e. The van der Waals surface area contributed by atoms with E-state index in [1.165, 1.54) is 14.9 Å². The predicted molar refractivity (Wildman–Crippen MR) is 81.7 cm³/mol. The fraction of sp³-hybridized carbons (Fsp3) is 0.231. The summed E-state index contributed by atoms with van der Waals surface area (Å²) in [6.45, 7) is 0. The van der Waals surface area contributed by atoms with E-state index in [9.17, 15) is 0 Å². The zero-order valence-electron chi connectivity index (χ0n) is 9.41. The fourth-order valence-electron chi connectivity index (χ4n) is 1.77. The predicted octanol–water partition coefficient (Wildman–Crippen LogP) is 4.78. The lowest BCUT2D eigenvalue weighted by Gasteiger charge is -2.16. The van der Waals surface area contributed by atoms with Gasteiger partial charge >= 0.3 is 0 Å². The van der Waals surface area contributed by atoms with E-state index in [1.54, 1.807) is 11.3 Å². The van der Waals surface area contributed by atoms with Crippen LogP contribution in [0.15, 0.2) is 44.7 Å². The maximum Gasteiger partial charge on any atom is 0.0367 e. The Labute approximate surface area is 123 Å². The molecule has 0 radical (unpaired) electrons. The van der Waals surface area contributed by atoms with E-state index in [2.05, 4.69) is 72.9 Å². The van der Waals surface area contributed by atoms with Crippen molar-refractivity contribution in [2.24, 2.45) is 0 Å². The molecule has 0 aliphatic heterocycles. The van der Waals surface area contributed by atoms with Gasteiger partial charge in [-0.05, 0) is 52.1 Å². The van der Waals surface area contributed by atoms with Crippen LogP contribution >= 0.6 is 43.2 Å². The zero-order chi connectivity index (χ0) is 12.3. The first-order chi connectivity index (χ1) is 8.20. The van der Waals surface area contributed by atoms with Gasteiger partial charge in [-0.2, -0.15) is 0 Å². The van der Waals surface area contributed by atoms with E-state index in [-0.39, 0.29) is 0 Å². The van der Waals surface area contributed by atoms with Crippen LogP contribution < -0.4 is 5.32 Å². The molecule has 0 spiro atoms. The molecule has 0 saturated carbocycles. The third-order valence-electron chi connectivity index (χ3n) is 2.68. The largest absolute Gasteiger partial charge is 0.313 e. The Morgan fingerprint density at radius 3 is 2.71 bits per heavy atom. The second-order valence-corrected chi connectivity index (χ2v) is 6.56. The first kappa shape index (κ1) is 13.3. The summed E-state index contributed by atoms with van der Waals surface area (Å²) < 4.78 is 2.33. The van der Waals surface area contributed by atoms with Crippen LogP contribution in [0.4, 0.5) is 0 Å². The second-order valence-electron chi connectivity index (χ2n) is 3.79. The summed E-state index contributed by atoms with van der Waals surface area (Å²) >= 11 is 8.90. The molecule has 0 saturated heterocycles. The number of thiophene rings is 1. The molecule has 1 unspecified atom stereocenters. The molecule has 1 aromatic carbocycles. The Morgan fingerprint density at radius 2 is 2.12 bits per heavy atom. The molecule has 90 valence electrons. The monoisotopic (exact) mass is 373 g/mol. The Hall–Kier alpha value is -0.160. The van der Waals surface area contributed by atoms with Crippen molar-refractivity contribution in [3.05, 3.63) is 55.1 Å². The van der Waals surface area contributed by atoms with E-state index >= 15 is 0 Å². The highest BCUT2D eigenvalue weighted by Crippen LogP contribution is 2.28. The topological polar surface area (TPSA) is 12.0 Å². The van der Waals surface area contributed by atoms with E-state index in [0.717, 1.165) is 10.9 Å². The maximum atomic E-state index is 3.58. The molecule has 0 aliphatic rings. The van der Waals surface area contributed by atoms with Crippen molar-refractivity contribution in [1.29, 1.82) is 0 Å². The third-order valence-corrected chi connectivity index (χ3v) is 5.12. The van der Waals surface area contributed by atoms with Gasteiger partial charge in [-0.1, -0.05) is 28.1 Å². The quantitative estimate of drug-likeness (QED) is 0.812. The van der Waals surface area contributed by atoms with Crippen LogP contribution in [0.2, 0.25) is 0 Å². The molecular formula is C13H13Br2NS. The van der Waals surface area contributed by atoms with Gasteiger partial charge in [0.15, 0.2) is 0 Å². The summed E-state index contributed by atoms with van der Waals surface area (Å²) in [6, 6.07) is 10.9. The summed E-state index contributed by atoms with van der Waals surface area (Å²) in [5.41, 5.74) is 1.31. The molecule has 1 atom stereocenters. The molecular weight excluding hydrogens is 362 g/mol. The van der Waals surface area contributed by atoms with Crippen molar-refractivity contribution in [2.75, 3.05) is 7.05 Å². The Bertz CT molecular complexity index is 496. The lowest BCUT2D eigenvalue weighted by molar-refractivity contribution is 0.595. The van der Waals surface area contributed by atoms with Crippen LogP contribution in [-0.4, -0.2) is 7.05 Å². The van der Waals surface area contributed by atoms with Crippen LogP contribution in [0.25, 0.3) is 0 Å². The molecule has 17 heavy (non-hydrogen) atoms. The average molecular weight is 375 g/mol. The standard InChI is InChI=1S/C13H13Br2NS/c1-16-12(8-13-11(15)5-6-17-13)9-3-2-4-10(14)7-9/h2-7,12,16H,8H2,1H3. The molecule has 1 aromatic heterocycles. The molecule has 0 bridgehead atoms. The molecule has 0 fully saturated rings. The van der Waals surface area contributed by atoms with Gasteiger partial charge in [-0.15, -0.1) is 11.3 Å². The fourth-order valence-corrected chi connectivity index (χ4v) is 3.74. The number of hydrogen-bond donors (Lipinski definition) is 1. The van der Waals surface area contributed by atoms with Crippen molar-refractivity contribution in [2.45, 2.75) is 12.5 Å². The number of rotatable bonds is 4. The van der Waals surface area contributed by atoms with Gasteiger partial charge in [-0.3, -0.25) is 0 Å². The SMILES string of the molecule is CNC(Cc1sccc1Br)c1cccc(Br)c1. The van der Waals surface area contributed by atoms with Gasteiger partial charge in [0.2, 0.25) is 0 Å². The first-order valence-electron chi connectivity index (χ1n) is 5.35. The summed E-state index contributed by atoms with van der Waals surface area (Å²) in [5.74, 6) is 0. The minimum atomic E-state index is 0.349. The van der Waals surface area contributed by atoms with Crippen molar-refractivity contribution >= 4 is 43.2 Å². The zero-order valence-corrected chi connectivity index (χ0v) is 13.4. The number of halogens is 2. The van der Waals surface area contributed by atoms with Crippen LogP contribution in [0.5, 0.6) is 0 Å². The van der Waals surface area contributed by atoms with E-state index in [4.69, 9.17) is 0 Å². The minimum absolute atomic E-state index is 0.349. The molecule has 0 amide bonds. The van der Waals surface area contributed by atoms with E-state index < -0.39 is 0 Å². The van der Waals surface area contributed by atoms with Gasteiger partial charge in [0.25, 0.3) is 0 Å². The number of likely N-dealkylation sites (N-methyl/N-ethyl adjacent to an activating group) is 1. The number of nitrogens with one attached hydrogen (secondary N) is 1. The van der Waals surface area contributed by atoms with Crippen molar-refractivity contribution in [3.63, 3.8) is 0 Å². The molecule has 1 N–H and O–H groups in total. The van der Waals surface area contributed by atoms with Gasteiger partial charge in [0.05, 0.1) is 0 Å². The highest BCUT2D eigenvalue weighted by molar-refractivity contribution is 9.10. The van der Waals surface area contributed by atoms with Gasteiger partial charge in [0, 0.05) is 26.3 Å². The van der Waals surface area contributed by atoms with Crippen molar-refractivity contribution in [3.8, 4) is 0 Å². The maximum absolute atomic E-state index is 3.58. The molecule has 2 rings (SSSR count). The molecule has 0 aliphatic carbocycles. The van der Waals surface area contributed by atoms with E-state index in [1.807, 2.05) is 7.05 Å². The highest BCUT2D eigenvalue weighted by atomic mass is 79.9. The summed E-state index contributed by atoms with van der Waals surface area (Å²) in [7, 11) is 2.01. The summed E-state index contributed by atoms with van der Waals surface area (Å²) in [6.07, 6.45) is 1.01. The first-order valence-corrected chi connectivity index (χ1v) is 7.82. The Balaban J connectivity index is 2.20. The van der Waals surface area contributed by atoms with Gasteiger partial charge in [0.1, 0.15) is 0 Å². The van der Waals surface area contributed by atoms with Crippen molar-refractivity contribution < 1.29 is 0 Å². The number of benzene rings is 1. The second kappa shape index (κ2) is 6.14. The van der Waals surface area contributed by atoms with E-state index in [0.29, 0.717) is 6.04 Å². The van der Waals surface area contributed by atoms with Gasteiger partial charge < -0.3 is 5.32 Å². The lowest BCUT2D eigenvalue weighted by Crippen LogP contribution is -2.18. The van der Waals surface area contributed by atoms with Crippen molar-refractivity contribution in [1.82, 2.24) is 5.32 Å². The molecule has 2 aromatic rings.